The SMILES string of the molecule is COc1c(C)c(Br)cc(C2(N)CCCCC2)c1O. The van der Waals surface area contributed by atoms with Gasteiger partial charge in [0.05, 0.1) is 7.11 Å². The van der Waals surface area contributed by atoms with Crippen LogP contribution in [0.4, 0.5) is 0 Å². The van der Waals surface area contributed by atoms with Crippen molar-refractivity contribution in [2.45, 2.75) is 44.6 Å². The van der Waals surface area contributed by atoms with Crippen molar-refractivity contribution in [3.8, 4) is 11.5 Å². The Balaban J connectivity index is 2.53. The molecule has 0 heterocycles. The van der Waals surface area contributed by atoms with Crippen LogP contribution in [0.2, 0.25) is 0 Å². The fraction of sp³-hybridized carbons (Fsp3) is 0.571. The largest absolute Gasteiger partial charge is 0.504 e. The van der Waals surface area contributed by atoms with Gasteiger partial charge in [-0.3, -0.25) is 0 Å². The molecule has 4 heteroatoms. The van der Waals surface area contributed by atoms with E-state index >= 15 is 0 Å². The molecule has 0 radical (unpaired) electrons. The molecule has 18 heavy (non-hydrogen) atoms. The summed E-state index contributed by atoms with van der Waals surface area (Å²) in [5.41, 5.74) is 7.77. The Morgan fingerprint density at radius 3 is 2.50 bits per heavy atom. The molecule has 3 N–H and O–H groups in total. The van der Waals surface area contributed by atoms with Crippen LogP contribution in [0.25, 0.3) is 0 Å². The van der Waals surface area contributed by atoms with Gasteiger partial charge in [-0.25, -0.2) is 0 Å². The van der Waals surface area contributed by atoms with Crippen molar-refractivity contribution in [2.24, 2.45) is 5.73 Å². The highest BCUT2D eigenvalue weighted by molar-refractivity contribution is 9.10. The Bertz CT molecular complexity index is 454. The van der Waals surface area contributed by atoms with Gasteiger partial charge in [0.25, 0.3) is 0 Å². The molecule has 0 atom stereocenters. The van der Waals surface area contributed by atoms with E-state index in [1.54, 1.807) is 7.11 Å². The topological polar surface area (TPSA) is 55.5 Å². The predicted octanol–water partition coefficient (Wildman–Crippen LogP) is 3.59. The van der Waals surface area contributed by atoms with E-state index in [9.17, 15) is 5.11 Å². The Morgan fingerprint density at radius 1 is 1.33 bits per heavy atom. The van der Waals surface area contributed by atoms with Gasteiger partial charge in [-0.05, 0) is 25.8 Å². The lowest BCUT2D eigenvalue weighted by Crippen LogP contribution is -2.38. The molecule has 0 aliphatic heterocycles. The van der Waals surface area contributed by atoms with Crippen molar-refractivity contribution in [1.29, 1.82) is 0 Å². The van der Waals surface area contributed by atoms with Crippen molar-refractivity contribution in [1.82, 2.24) is 0 Å². The number of rotatable bonds is 2. The second kappa shape index (κ2) is 5.10. The molecule has 1 fully saturated rings. The van der Waals surface area contributed by atoms with Crippen molar-refractivity contribution < 1.29 is 9.84 Å². The van der Waals surface area contributed by atoms with Gasteiger partial charge in [0.15, 0.2) is 11.5 Å². The number of ether oxygens (including phenoxy) is 1. The lowest BCUT2D eigenvalue weighted by molar-refractivity contribution is 0.286. The molecule has 0 bridgehead atoms. The van der Waals surface area contributed by atoms with Crippen molar-refractivity contribution in [2.75, 3.05) is 7.11 Å². The summed E-state index contributed by atoms with van der Waals surface area (Å²) >= 11 is 3.52. The van der Waals surface area contributed by atoms with Crippen LogP contribution in [0.1, 0.15) is 43.2 Å². The molecule has 0 amide bonds. The maximum Gasteiger partial charge on any atom is 0.164 e. The molecular formula is C14H20BrNO2. The number of methoxy groups -OCH3 is 1. The van der Waals surface area contributed by atoms with Crippen LogP contribution in [0.15, 0.2) is 10.5 Å². The van der Waals surface area contributed by atoms with E-state index in [1.807, 2.05) is 13.0 Å². The lowest BCUT2D eigenvalue weighted by atomic mass is 9.77. The molecule has 0 spiro atoms. The normalized spacial score (nSPS) is 18.7. The van der Waals surface area contributed by atoms with E-state index < -0.39 is 5.54 Å². The minimum atomic E-state index is -0.425. The summed E-state index contributed by atoms with van der Waals surface area (Å²) < 4.78 is 6.23. The van der Waals surface area contributed by atoms with E-state index in [0.717, 1.165) is 41.3 Å². The van der Waals surface area contributed by atoms with Gasteiger partial charge in [0.2, 0.25) is 0 Å². The predicted molar refractivity (Wildman–Crippen MR) is 76.0 cm³/mol. The summed E-state index contributed by atoms with van der Waals surface area (Å²) in [5, 5.41) is 10.4. The molecule has 100 valence electrons. The zero-order valence-corrected chi connectivity index (χ0v) is 12.5. The van der Waals surface area contributed by atoms with E-state index in [2.05, 4.69) is 15.9 Å². The third kappa shape index (κ3) is 2.24. The van der Waals surface area contributed by atoms with Gasteiger partial charge in [-0.15, -0.1) is 0 Å². The van der Waals surface area contributed by atoms with Gasteiger partial charge in [-0.2, -0.15) is 0 Å². The second-order valence-electron chi connectivity index (χ2n) is 5.13. The van der Waals surface area contributed by atoms with Crippen LogP contribution in [-0.4, -0.2) is 12.2 Å². The van der Waals surface area contributed by atoms with Gasteiger partial charge in [-0.1, -0.05) is 35.2 Å². The zero-order chi connectivity index (χ0) is 13.3. The summed E-state index contributed by atoms with van der Waals surface area (Å²) in [6.07, 6.45) is 5.29. The molecule has 0 unspecified atom stereocenters. The van der Waals surface area contributed by atoms with Gasteiger partial charge < -0.3 is 15.6 Å². The minimum Gasteiger partial charge on any atom is -0.504 e. The van der Waals surface area contributed by atoms with E-state index in [-0.39, 0.29) is 5.75 Å². The van der Waals surface area contributed by atoms with Crippen LogP contribution in [0.5, 0.6) is 11.5 Å². The van der Waals surface area contributed by atoms with Crippen LogP contribution in [-0.2, 0) is 5.54 Å². The summed E-state index contributed by atoms with van der Waals surface area (Å²) in [6.45, 7) is 1.91. The number of hydrogen-bond acceptors (Lipinski definition) is 3. The average Bonchev–Trinajstić information content (AvgIpc) is 2.35. The van der Waals surface area contributed by atoms with Crippen molar-refractivity contribution in [3.63, 3.8) is 0 Å². The van der Waals surface area contributed by atoms with Crippen molar-refractivity contribution in [3.05, 3.63) is 21.7 Å². The van der Waals surface area contributed by atoms with Gasteiger partial charge >= 0.3 is 0 Å². The quantitative estimate of drug-likeness (QED) is 0.877. The lowest BCUT2D eigenvalue weighted by Gasteiger charge is -2.35. The number of halogens is 1. The molecule has 1 aliphatic rings. The molecule has 2 rings (SSSR count). The number of phenols is 1. The Hall–Kier alpha value is -0.740. The number of hydrogen-bond donors (Lipinski definition) is 2. The van der Waals surface area contributed by atoms with Crippen LogP contribution < -0.4 is 10.5 Å². The summed E-state index contributed by atoms with van der Waals surface area (Å²) in [6, 6.07) is 1.94. The van der Waals surface area contributed by atoms with Gasteiger partial charge in [0, 0.05) is 21.1 Å². The van der Waals surface area contributed by atoms with Crippen molar-refractivity contribution >= 4 is 15.9 Å². The van der Waals surface area contributed by atoms with Crippen LogP contribution >= 0.6 is 15.9 Å². The number of aromatic hydroxyl groups is 1. The Labute approximate surface area is 116 Å². The van der Waals surface area contributed by atoms with Crippen LogP contribution in [0.3, 0.4) is 0 Å². The number of nitrogens with two attached hydrogens (primary N) is 1. The van der Waals surface area contributed by atoms with Crippen LogP contribution in [0, 0.1) is 6.92 Å². The summed E-state index contributed by atoms with van der Waals surface area (Å²) in [5.74, 6) is 0.720. The number of phenolic OH excluding ortho intramolecular Hbond substituents is 1. The van der Waals surface area contributed by atoms with Gasteiger partial charge in [0.1, 0.15) is 0 Å². The number of benzene rings is 1. The zero-order valence-electron chi connectivity index (χ0n) is 10.9. The third-order valence-corrected chi connectivity index (χ3v) is 4.75. The summed E-state index contributed by atoms with van der Waals surface area (Å²) in [4.78, 5) is 0. The smallest absolute Gasteiger partial charge is 0.164 e. The maximum absolute atomic E-state index is 10.4. The first-order valence-electron chi connectivity index (χ1n) is 6.35. The molecular weight excluding hydrogens is 294 g/mol. The fourth-order valence-electron chi connectivity index (χ4n) is 2.79. The third-order valence-electron chi connectivity index (χ3n) is 3.93. The molecule has 1 aliphatic carbocycles. The first kappa shape index (κ1) is 13.7. The second-order valence-corrected chi connectivity index (χ2v) is 5.98. The average molecular weight is 314 g/mol. The first-order chi connectivity index (χ1) is 8.49. The van der Waals surface area contributed by atoms with E-state index in [0.29, 0.717) is 5.75 Å². The minimum absolute atomic E-state index is 0.197. The van der Waals surface area contributed by atoms with E-state index in [4.69, 9.17) is 10.5 Å². The highest BCUT2D eigenvalue weighted by atomic mass is 79.9. The molecule has 1 saturated carbocycles. The maximum atomic E-state index is 10.4. The molecule has 1 aromatic rings. The molecule has 0 aromatic heterocycles. The highest BCUT2D eigenvalue weighted by Gasteiger charge is 2.33. The molecule has 1 aromatic carbocycles. The highest BCUT2D eigenvalue weighted by Crippen LogP contribution is 2.46. The Morgan fingerprint density at radius 2 is 1.94 bits per heavy atom. The standard InChI is InChI=1S/C14H20BrNO2/c1-9-11(15)8-10(12(17)13(9)18-2)14(16)6-4-3-5-7-14/h8,17H,3-7,16H2,1-2H3. The van der Waals surface area contributed by atoms with E-state index in [1.165, 1.54) is 6.42 Å². The molecule has 0 saturated heterocycles. The summed E-state index contributed by atoms with van der Waals surface area (Å²) in [7, 11) is 1.57. The first-order valence-corrected chi connectivity index (χ1v) is 7.14. The monoisotopic (exact) mass is 313 g/mol. The Kier molecular flexibility index (Phi) is 3.87. The molecule has 3 nitrogen and oxygen atoms in total. The fourth-order valence-corrected chi connectivity index (χ4v) is 3.20.